The predicted octanol–water partition coefficient (Wildman–Crippen LogP) is 4.80. The lowest BCUT2D eigenvalue weighted by molar-refractivity contribution is 0.296. The molecule has 1 N–H and O–H groups in total. The number of rotatable bonds is 5. The molecular formula is C15H27NO. The zero-order valence-electron chi connectivity index (χ0n) is 12.4. The molecule has 17 heavy (non-hydrogen) atoms. The third kappa shape index (κ3) is 4.03. The van der Waals surface area contributed by atoms with Crippen molar-refractivity contribution in [3.63, 3.8) is 0 Å². The Bertz CT molecular complexity index is 342. The van der Waals surface area contributed by atoms with E-state index in [0.29, 0.717) is 0 Å². The largest absolute Gasteiger partial charge is 0.411 e. The minimum atomic E-state index is -0.284. The molecule has 2 heteroatoms. The fourth-order valence-corrected chi connectivity index (χ4v) is 1.86. The Morgan fingerprint density at radius 2 is 1.65 bits per heavy atom. The smallest absolute Gasteiger partial charge is 0.0725 e. The van der Waals surface area contributed by atoms with Crippen molar-refractivity contribution in [2.45, 2.75) is 54.9 Å². The average Bonchev–Trinajstić information content (AvgIpc) is 2.14. The standard InChI is InChI=1S/C15H27NO/c1-11(2)9-10-14(5,6)13(16-17)15(7,8)12(3)4/h9,17H,3,10H2,1-2,4-8H3/b16-13+. The van der Waals surface area contributed by atoms with Gasteiger partial charge in [-0.2, -0.15) is 0 Å². The maximum absolute atomic E-state index is 9.34. The molecule has 0 heterocycles. The van der Waals surface area contributed by atoms with Crippen LogP contribution in [-0.4, -0.2) is 10.9 Å². The summed E-state index contributed by atoms with van der Waals surface area (Å²) in [5, 5.41) is 12.9. The topological polar surface area (TPSA) is 32.6 Å². The molecule has 0 unspecified atom stereocenters. The summed E-state index contributed by atoms with van der Waals surface area (Å²) in [4.78, 5) is 0. The van der Waals surface area contributed by atoms with Gasteiger partial charge in [0.25, 0.3) is 0 Å². The highest BCUT2D eigenvalue weighted by Crippen LogP contribution is 2.38. The van der Waals surface area contributed by atoms with E-state index in [9.17, 15) is 5.21 Å². The van der Waals surface area contributed by atoms with Crippen molar-refractivity contribution in [1.29, 1.82) is 0 Å². The molecule has 0 saturated heterocycles. The maximum Gasteiger partial charge on any atom is 0.0725 e. The summed E-state index contributed by atoms with van der Waals surface area (Å²) in [6, 6.07) is 0. The van der Waals surface area contributed by atoms with Crippen molar-refractivity contribution in [2.24, 2.45) is 16.0 Å². The first-order chi connectivity index (χ1) is 7.55. The zero-order valence-corrected chi connectivity index (χ0v) is 12.4. The molecule has 0 atom stereocenters. The van der Waals surface area contributed by atoms with Crippen LogP contribution in [0.15, 0.2) is 29.0 Å². The van der Waals surface area contributed by atoms with Crippen LogP contribution >= 0.6 is 0 Å². The third-order valence-electron chi connectivity index (χ3n) is 3.42. The molecule has 0 fully saturated rings. The number of nitrogens with zero attached hydrogens (tertiary/aromatic N) is 1. The van der Waals surface area contributed by atoms with E-state index >= 15 is 0 Å². The van der Waals surface area contributed by atoms with Gasteiger partial charge in [-0.25, -0.2) is 0 Å². The summed E-state index contributed by atoms with van der Waals surface area (Å²) in [6.45, 7) is 18.4. The number of hydrogen-bond donors (Lipinski definition) is 1. The fourth-order valence-electron chi connectivity index (χ4n) is 1.86. The maximum atomic E-state index is 9.34. The van der Waals surface area contributed by atoms with E-state index in [1.807, 2.05) is 6.92 Å². The summed E-state index contributed by atoms with van der Waals surface area (Å²) in [6.07, 6.45) is 3.05. The highest BCUT2D eigenvalue weighted by molar-refractivity contribution is 5.96. The van der Waals surface area contributed by atoms with Crippen LogP contribution in [0.25, 0.3) is 0 Å². The molecule has 0 amide bonds. The van der Waals surface area contributed by atoms with Crippen LogP contribution in [0.1, 0.15) is 54.9 Å². The van der Waals surface area contributed by atoms with Crippen LogP contribution in [0, 0.1) is 10.8 Å². The summed E-state index contributed by atoms with van der Waals surface area (Å²) in [5.41, 5.74) is 2.62. The molecule has 0 rings (SSSR count). The van der Waals surface area contributed by atoms with E-state index in [-0.39, 0.29) is 10.8 Å². The molecule has 0 aliphatic rings. The molecule has 98 valence electrons. The Balaban J connectivity index is 5.28. The normalized spacial score (nSPS) is 13.5. The van der Waals surface area contributed by atoms with E-state index < -0.39 is 0 Å². The second-order valence-corrected chi connectivity index (χ2v) is 6.22. The Morgan fingerprint density at radius 1 is 1.18 bits per heavy atom. The van der Waals surface area contributed by atoms with Gasteiger partial charge in [-0.3, -0.25) is 0 Å². The molecule has 0 aliphatic heterocycles. The summed E-state index contributed by atoms with van der Waals surface area (Å²) in [7, 11) is 0. The molecular weight excluding hydrogens is 210 g/mol. The van der Waals surface area contributed by atoms with E-state index in [0.717, 1.165) is 17.7 Å². The zero-order chi connectivity index (χ0) is 13.9. The molecule has 2 nitrogen and oxygen atoms in total. The van der Waals surface area contributed by atoms with Gasteiger partial charge in [-0.05, 0) is 27.2 Å². The van der Waals surface area contributed by atoms with E-state index in [1.165, 1.54) is 5.57 Å². The summed E-state index contributed by atoms with van der Waals surface area (Å²) in [5.74, 6) is 0. The highest BCUT2D eigenvalue weighted by Gasteiger charge is 2.37. The molecule has 0 aliphatic carbocycles. The minimum Gasteiger partial charge on any atom is -0.411 e. The quantitative estimate of drug-likeness (QED) is 0.317. The first-order valence-electron chi connectivity index (χ1n) is 6.08. The molecule has 0 saturated carbocycles. The molecule has 0 radical (unpaired) electrons. The van der Waals surface area contributed by atoms with E-state index in [4.69, 9.17) is 0 Å². The Hall–Kier alpha value is -1.05. The molecule has 0 bridgehead atoms. The third-order valence-corrected chi connectivity index (χ3v) is 3.42. The van der Waals surface area contributed by atoms with Crippen molar-refractivity contribution >= 4 is 5.71 Å². The number of allylic oxidation sites excluding steroid dienone is 3. The van der Waals surface area contributed by atoms with Crippen molar-refractivity contribution in [3.8, 4) is 0 Å². The lowest BCUT2D eigenvalue weighted by Crippen LogP contribution is -2.37. The lowest BCUT2D eigenvalue weighted by atomic mass is 9.68. The van der Waals surface area contributed by atoms with Crippen LogP contribution in [0.3, 0.4) is 0 Å². The molecule has 0 spiro atoms. The van der Waals surface area contributed by atoms with Crippen LogP contribution in [0.2, 0.25) is 0 Å². The Morgan fingerprint density at radius 3 is 1.94 bits per heavy atom. The van der Waals surface area contributed by atoms with E-state index in [1.54, 1.807) is 0 Å². The first-order valence-corrected chi connectivity index (χ1v) is 6.08. The summed E-state index contributed by atoms with van der Waals surface area (Å²) < 4.78 is 0. The first kappa shape index (κ1) is 16.0. The number of oxime groups is 1. The van der Waals surface area contributed by atoms with Gasteiger partial charge in [-0.15, -0.1) is 0 Å². The van der Waals surface area contributed by atoms with Gasteiger partial charge < -0.3 is 5.21 Å². The van der Waals surface area contributed by atoms with Gasteiger partial charge in [0.1, 0.15) is 0 Å². The minimum absolute atomic E-state index is 0.172. The van der Waals surface area contributed by atoms with Gasteiger partial charge in [0.15, 0.2) is 0 Å². The lowest BCUT2D eigenvalue weighted by Gasteiger charge is -2.36. The second-order valence-electron chi connectivity index (χ2n) is 6.22. The second kappa shape index (κ2) is 5.52. The average molecular weight is 237 g/mol. The van der Waals surface area contributed by atoms with Crippen LogP contribution in [-0.2, 0) is 0 Å². The van der Waals surface area contributed by atoms with Gasteiger partial charge in [0, 0.05) is 10.8 Å². The van der Waals surface area contributed by atoms with Gasteiger partial charge in [-0.1, -0.05) is 56.7 Å². The summed E-state index contributed by atoms with van der Waals surface area (Å²) >= 11 is 0. The number of hydrogen-bond acceptors (Lipinski definition) is 2. The van der Waals surface area contributed by atoms with Gasteiger partial charge in [0.2, 0.25) is 0 Å². The molecule has 0 aromatic rings. The van der Waals surface area contributed by atoms with Gasteiger partial charge in [0.05, 0.1) is 5.71 Å². The monoisotopic (exact) mass is 237 g/mol. The Labute approximate surface area is 106 Å². The SMILES string of the molecule is C=C(C)C(C)(C)/C(=N/O)C(C)(C)CC=C(C)C. The van der Waals surface area contributed by atoms with Crippen LogP contribution in [0.5, 0.6) is 0 Å². The van der Waals surface area contributed by atoms with Crippen LogP contribution in [0.4, 0.5) is 0 Å². The van der Waals surface area contributed by atoms with Crippen molar-refractivity contribution in [3.05, 3.63) is 23.8 Å². The van der Waals surface area contributed by atoms with Crippen LogP contribution < -0.4 is 0 Å². The van der Waals surface area contributed by atoms with Crippen molar-refractivity contribution in [2.75, 3.05) is 0 Å². The predicted molar refractivity (Wildman–Crippen MR) is 75.6 cm³/mol. The Kier molecular flexibility index (Phi) is 5.18. The van der Waals surface area contributed by atoms with Crippen molar-refractivity contribution in [1.82, 2.24) is 0 Å². The van der Waals surface area contributed by atoms with E-state index in [2.05, 4.69) is 59.4 Å². The van der Waals surface area contributed by atoms with Gasteiger partial charge >= 0.3 is 0 Å². The van der Waals surface area contributed by atoms with Crippen molar-refractivity contribution < 1.29 is 5.21 Å². The fraction of sp³-hybridized carbons (Fsp3) is 0.667. The molecule has 0 aromatic carbocycles. The molecule has 0 aromatic heterocycles. The highest BCUT2D eigenvalue weighted by atomic mass is 16.4.